The van der Waals surface area contributed by atoms with Crippen molar-refractivity contribution < 1.29 is 24.2 Å². The van der Waals surface area contributed by atoms with Gasteiger partial charge in [0.05, 0.1) is 7.11 Å². The van der Waals surface area contributed by atoms with Gasteiger partial charge in [-0.15, -0.1) is 10.2 Å². The SMILES string of the molecule is COc1c(C)c2c(c(O)c1CC=C(C)CCC(=O)Nc1nnc(Cc3ccccc3)s1)C(=O)OC2. The molecule has 2 heterocycles. The number of benzene rings is 2. The first-order chi connectivity index (χ1) is 16.9. The standard InChI is InChI=1S/C26H27N3O5S/c1-15(9-11-18-23(31)22-19(14-34-25(22)32)16(2)24(18)33-3)10-12-20(30)27-26-29-28-21(35-26)13-17-7-5-4-6-8-17/h4-9,31H,10-14H2,1-3H3,(H,27,29,30). The van der Waals surface area contributed by atoms with Crippen molar-refractivity contribution in [1.82, 2.24) is 10.2 Å². The fourth-order valence-corrected chi connectivity index (χ4v) is 4.84. The molecule has 1 amide bonds. The van der Waals surface area contributed by atoms with Gasteiger partial charge in [-0.3, -0.25) is 4.79 Å². The number of esters is 1. The number of ether oxygens (including phenoxy) is 2. The lowest BCUT2D eigenvalue weighted by molar-refractivity contribution is -0.116. The van der Waals surface area contributed by atoms with E-state index >= 15 is 0 Å². The largest absolute Gasteiger partial charge is 0.507 e. The van der Waals surface area contributed by atoms with E-state index in [9.17, 15) is 14.7 Å². The number of phenolic OH excluding ortho intramolecular Hbond substituents is 1. The number of aromatic nitrogens is 2. The van der Waals surface area contributed by atoms with Gasteiger partial charge in [-0.25, -0.2) is 4.79 Å². The van der Waals surface area contributed by atoms with E-state index in [-0.39, 0.29) is 30.2 Å². The molecule has 35 heavy (non-hydrogen) atoms. The lowest BCUT2D eigenvalue weighted by atomic mass is 9.94. The summed E-state index contributed by atoms with van der Waals surface area (Å²) in [5.74, 6) is -0.222. The number of fused-ring (bicyclic) bond motifs is 1. The first-order valence-corrected chi connectivity index (χ1v) is 12.1. The minimum Gasteiger partial charge on any atom is -0.507 e. The third kappa shape index (κ3) is 5.51. The van der Waals surface area contributed by atoms with Gasteiger partial charge < -0.3 is 19.9 Å². The van der Waals surface area contributed by atoms with Gasteiger partial charge in [-0.05, 0) is 37.8 Å². The summed E-state index contributed by atoms with van der Waals surface area (Å²) in [6.07, 6.45) is 3.79. The molecule has 8 nitrogen and oxygen atoms in total. The van der Waals surface area contributed by atoms with Crippen LogP contribution in [0.15, 0.2) is 42.0 Å². The maximum atomic E-state index is 12.4. The molecule has 0 bridgehead atoms. The molecule has 4 rings (SSSR count). The molecule has 1 aliphatic rings. The average molecular weight is 494 g/mol. The number of nitrogens with zero attached hydrogens (tertiary/aromatic N) is 2. The van der Waals surface area contributed by atoms with Gasteiger partial charge in [0.2, 0.25) is 11.0 Å². The van der Waals surface area contributed by atoms with Crippen molar-refractivity contribution in [3.05, 3.63) is 74.8 Å². The highest BCUT2D eigenvalue weighted by Gasteiger charge is 2.31. The number of rotatable bonds is 9. The Hall–Kier alpha value is -3.72. The van der Waals surface area contributed by atoms with Gasteiger partial charge >= 0.3 is 5.97 Å². The van der Waals surface area contributed by atoms with E-state index in [1.54, 1.807) is 0 Å². The third-order valence-corrected chi connectivity index (χ3v) is 6.80. The number of cyclic esters (lactones) is 1. The van der Waals surface area contributed by atoms with Gasteiger partial charge in [0.25, 0.3) is 0 Å². The molecule has 1 aliphatic heterocycles. The minimum atomic E-state index is -0.523. The van der Waals surface area contributed by atoms with Crippen molar-refractivity contribution in [3.8, 4) is 11.5 Å². The molecule has 2 aromatic carbocycles. The van der Waals surface area contributed by atoms with Crippen LogP contribution in [-0.2, 0) is 29.0 Å². The maximum Gasteiger partial charge on any atom is 0.342 e. The quantitative estimate of drug-likeness (QED) is 0.327. The molecule has 1 aromatic heterocycles. The predicted octanol–water partition coefficient (Wildman–Crippen LogP) is 4.73. The minimum absolute atomic E-state index is 0.102. The Balaban J connectivity index is 1.34. The van der Waals surface area contributed by atoms with Crippen molar-refractivity contribution in [2.75, 3.05) is 12.4 Å². The second-order valence-electron chi connectivity index (χ2n) is 8.38. The van der Waals surface area contributed by atoms with Crippen molar-refractivity contribution >= 4 is 28.3 Å². The van der Waals surface area contributed by atoms with E-state index in [1.165, 1.54) is 18.4 Å². The number of carbonyl (C=O) groups is 2. The fourth-order valence-electron chi connectivity index (χ4n) is 4.04. The monoisotopic (exact) mass is 493 g/mol. The van der Waals surface area contributed by atoms with Crippen molar-refractivity contribution in [3.63, 3.8) is 0 Å². The Labute approximate surface area is 207 Å². The van der Waals surface area contributed by atoms with Crippen molar-refractivity contribution in [2.24, 2.45) is 0 Å². The zero-order valence-corrected chi connectivity index (χ0v) is 20.7. The number of hydrogen-bond donors (Lipinski definition) is 2. The number of allylic oxidation sites excluding steroid dienone is 2. The van der Waals surface area contributed by atoms with Crippen LogP contribution in [-0.4, -0.2) is 34.3 Å². The third-order valence-electron chi connectivity index (χ3n) is 5.96. The maximum absolute atomic E-state index is 12.4. The summed E-state index contributed by atoms with van der Waals surface area (Å²) in [5.41, 5.74) is 4.31. The Morgan fingerprint density at radius 1 is 1.26 bits per heavy atom. The first-order valence-electron chi connectivity index (χ1n) is 11.3. The van der Waals surface area contributed by atoms with E-state index in [1.807, 2.05) is 50.3 Å². The molecule has 0 unspecified atom stereocenters. The van der Waals surface area contributed by atoms with Gasteiger partial charge in [0, 0.05) is 24.0 Å². The number of aromatic hydroxyl groups is 1. The molecule has 0 spiro atoms. The highest BCUT2D eigenvalue weighted by molar-refractivity contribution is 7.15. The summed E-state index contributed by atoms with van der Waals surface area (Å²) in [6.45, 7) is 3.91. The Morgan fingerprint density at radius 3 is 2.77 bits per heavy atom. The van der Waals surface area contributed by atoms with Crippen LogP contribution in [0.1, 0.15) is 57.4 Å². The van der Waals surface area contributed by atoms with Crippen LogP contribution in [0.4, 0.5) is 5.13 Å². The zero-order chi connectivity index (χ0) is 24.9. The number of hydrogen-bond acceptors (Lipinski definition) is 8. The number of methoxy groups -OCH3 is 1. The number of amides is 1. The van der Waals surface area contributed by atoms with Crippen LogP contribution < -0.4 is 10.1 Å². The molecule has 0 aliphatic carbocycles. The highest BCUT2D eigenvalue weighted by Crippen LogP contribution is 2.42. The van der Waals surface area contributed by atoms with Crippen LogP contribution >= 0.6 is 11.3 Å². The summed E-state index contributed by atoms with van der Waals surface area (Å²) in [4.78, 5) is 24.5. The average Bonchev–Trinajstić information content (AvgIpc) is 3.46. The molecule has 3 aromatic rings. The van der Waals surface area contributed by atoms with E-state index in [4.69, 9.17) is 9.47 Å². The summed E-state index contributed by atoms with van der Waals surface area (Å²) in [5, 5.41) is 23.1. The molecule has 0 fully saturated rings. The van der Waals surface area contributed by atoms with Crippen LogP contribution in [0.3, 0.4) is 0 Å². The molecular weight excluding hydrogens is 466 g/mol. The molecule has 0 saturated carbocycles. The Bertz CT molecular complexity index is 1280. The zero-order valence-electron chi connectivity index (χ0n) is 19.9. The molecule has 0 saturated heterocycles. The van der Waals surface area contributed by atoms with Crippen molar-refractivity contribution in [1.29, 1.82) is 0 Å². The molecule has 0 radical (unpaired) electrons. The van der Waals surface area contributed by atoms with E-state index in [0.717, 1.165) is 21.7 Å². The predicted molar refractivity (Wildman–Crippen MR) is 133 cm³/mol. The fraction of sp³-hybridized carbons (Fsp3) is 0.308. The normalized spacial score (nSPS) is 12.9. The molecule has 2 N–H and O–H groups in total. The van der Waals surface area contributed by atoms with Crippen LogP contribution in [0.5, 0.6) is 11.5 Å². The van der Waals surface area contributed by atoms with Crippen molar-refractivity contribution in [2.45, 2.75) is 46.1 Å². The molecule has 182 valence electrons. The van der Waals surface area contributed by atoms with Crippen LogP contribution in [0, 0.1) is 6.92 Å². The van der Waals surface area contributed by atoms with Gasteiger partial charge in [-0.2, -0.15) is 0 Å². The van der Waals surface area contributed by atoms with E-state index < -0.39 is 5.97 Å². The summed E-state index contributed by atoms with van der Waals surface area (Å²) >= 11 is 1.37. The lowest BCUT2D eigenvalue weighted by Crippen LogP contribution is -2.11. The highest BCUT2D eigenvalue weighted by atomic mass is 32.1. The molecule has 0 atom stereocenters. The molecule has 9 heteroatoms. The summed E-state index contributed by atoms with van der Waals surface area (Å²) in [7, 11) is 1.54. The van der Waals surface area contributed by atoms with Crippen LogP contribution in [0.2, 0.25) is 0 Å². The number of carbonyl (C=O) groups excluding carboxylic acids is 2. The van der Waals surface area contributed by atoms with Gasteiger partial charge in [0.15, 0.2) is 0 Å². The number of anilines is 1. The number of nitrogens with one attached hydrogen (secondary N) is 1. The molecular formula is C26H27N3O5S. The van der Waals surface area contributed by atoms with Gasteiger partial charge in [0.1, 0.15) is 28.7 Å². The van der Waals surface area contributed by atoms with E-state index in [0.29, 0.717) is 41.3 Å². The lowest BCUT2D eigenvalue weighted by Gasteiger charge is -2.15. The Morgan fingerprint density at radius 2 is 2.03 bits per heavy atom. The second-order valence-corrected chi connectivity index (χ2v) is 9.44. The Kier molecular flexibility index (Phi) is 7.45. The van der Waals surface area contributed by atoms with Gasteiger partial charge in [-0.1, -0.05) is 53.3 Å². The first kappa shape index (κ1) is 24.4. The topological polar surface area (TPSA) is 111 Å². The summed E-state index contributed by atoms with van der Waals surface area (Å²) in [6, 6.07) is 9.98. The van der Waals surface area contributed by atoms with Crippen LogP contribution in [0.25, 0.3) is 0 Å². The van der Waals surface area contributed by atoms with E-state index in [2.05, 4.69) is 15.5 Å². The smallest absolute Gasteiger partial charge is 0.342 e. The summed E-state index contributed by atoms with van der Waals surface area (Å²) < 4.78 is 10.6. The second kappa shape index (κ2) is 10.7. The number of phenols is 1.